The Labute approximate surface area is 429 Å². The zero-order valence-electron chi connectivity index (χ0n) is 45.9. The smallest absolute Gasteiger partial charge is 0.308 e. The van der Waals surface area contributed by atoms with Crippen molar-refractivity contribution in [2.24, 2.45) is 0 Å². The molecule has 7 aromatic carbocycles. The van der Waals surface area contributed by atoms with Crippen molar-refractivity contribution >= 4 is 44.9 Å². The summed E-state index contributed by atoms with van der Waals surface area (Å²) in [5.74, 6) is 15.1. The van der Waals surface area contributed by atoms with E-state index in [0.29, 0.717) is 11.5 Å². The topological polar surface area (TPSA) is 59.1 Å². The Hall–Kier alpha value is -7.28. The third-order valence-electron chi connectivity index (χ3n) is 13.1. The third-order valence-corrected chi connectivity index (χ3v) is 13.1. The van der Waals surface area contributed by atoms with Crippen LogP contribution in [-0.4, -0.2) is 40.1 Å². The zero-order chi connectivity index (χ0) is 52.8. The Balaban J connectivity index is 1.63. The summed E-state index contributed by atoms with van der Waals surface area (Å²) in [5.41, 5.74) is 12.3. The highest BCUT2D eigenvalue weighted by Gasteiger charge is 2.31. The average molecular weight is 957 g/mol. The molecule has 0 saturated heterocycles. The first-order chi connectivity index (χ1) is 33.5. The van der Waals surface area contributed by atoms with Gasteiger partial charge in [0.05, 0.1) is 0 Å². The van der Waals surface area contributed by atoms with Crippen LogP contribution < -0.4 is 19.3 Å². The SMILES string of the molecule is CC(=O)Oc1c(C(C)(C)C)cc(-c2ccc3c(C#Cc4ccc(N(C)C)cc4)c4ccc(-c5cc(C(C)(C)C)c(OC(C)=O)c(C(C)(C)C)c5)cc4c(C#Cc4ccc(N(C)C)cc4)c3c2)cc1C(C)(C)C. The van der Waals surface area contributed by atoms with E-state index in [0.717, 1.165) is 99.7 Å². The lowest BCUT2D eigenvalue weighted by Gasteiger charge is -2.30. The maximum Gasteiger partial charge on any atom is 0.308 e. The highest BCUT2D eigenvalue weighted by Crippen LogP contribution is 2.46. The van der Waals surface area contributed by atoms with E-state index in [1.165, 1.54) is 13.8 Å². The molecule has 0 unspecified atom stereocenters. The lowest BCUT2D eigenvalue weighted by atomic mass is 9.77. The second-order valence-corrected chi connectivity index (χ2v) is 23.6. The van der Waals surface area contributed by atoms with E-state index in [2.05, 4.69) is 226 Å². The Morgan fingerprint density at radius 2 is 0.667 bits per heavy atom. The molecule has 0 radical (unpaired) electrons. The van der Waals surface area contributed by atoms with Gasteiger partial charge in [0.2, 0.25) is 0 Å². The van der Waals surface area contributed by atoms with Gasteiger partial charge in [-0.2, -0.15) is 0 Å². The predicted octanol–water partition coefficient (Wildman–Crippen LogP) is 15.3. The van der Waals surface area contributed by atoms with Crippen LogP contribution in [0.1, 0.15) is 141 Å². The third kappa shape index (κ3) is 11.4. The average Bonchev–Trinajstić information content (AvgIpc) is 3.28. The fraction of sp³-hybridized carbons (Fsp3) is 0.333. The van der Waals surface area contributed by atoms with Gasteiger partial charge in [0.1, 0.15) is 11.5 Å². The van der Waals surface area contributed by atoms with Gasteiger partial charge in [0, 0.05) is 97.9 Å². The molecule has 0 spiro atoms. The molecule has 0 aliphatic rings. The largest absolute Gasteiger partial charge is 0.426 e. The molecule has 0 heterocycles. The monoisotopic (exact) mass is 957 g/mol. The highest BCUT2D eigenvalue weighted by atomic mass is 16.5. The van der Waals surface area contributed by atoms with Crippen molar-refractivity contribution in [3.63, 3.8) is 0 Å². The first-order valence-corrected chi connectivity index (χ1v) is 24.9. The lowest BCUT2D eigenvalue weighted by molar-refractivity contribution is -0.133. The van der Waals surface area contributed by atoms with E-state index in [-0.39, 0.29) is 33.6 Å². The van der Waals surface area contributed by atoms with Gasteiger partial charge in [-0.15, -0.1) is 0 Å². The number of esters is 2. The van der Waals surface area contributed by atoms with Gasteiger partial charge in [-0.05, 0) is 150 Å². The van der Waals surface area contributed by atoms with Crippen molar-refractivity contribution in [2.45, 2.75) is 119 Å². The maximum absolute atomic E-state index is 12.7. The van der Waals surface area contributed by atoms with Crippen LogP contribution in [0.4, 0.5) is 11.4 Å². The van der Waals surface area contributed by atoms with E-state index in [9.17, 15) is 9.59 Å². The molecule has 6 nitrogen and oxygen atoms in total. The predicted molar refractivity (Wildman–Crippen MR) is 303 cm³/mol. The fourth-order valence-corrected chi connectivity index (χ4v) is 9.14. The van der Waals surface area contributed by atoms with E-state index in [1.54, 1.807) is 0 Å². The minimum atomic E-state index is -0.345. The van der Waals surface area contributed by atoms with Crippen LogP contribution in [0.3, 0.4) is 0 Å². The minimum absolute atomic E-state index is 0.341. The normalized spacial score (nSPS) is 11.9. The summed E-state index contributed by atoms with van der Waals surface area (Å²) in [6, 6.07) is 38.7. The van der Waals surface area contributed by atoms with Crippen molar-refractivity contribution < 1.29 is 19.1 Å². The number of hydrogen-bond acceptors (Lipinski definition) is 6. The van der Waals surface area contributed by atoms with Crippen LogP contribution in [0, 0.1) is 23.7 Å². The molecule has 7 rings (SSSR count). The van der Waals surface area contributed by atoms with Gasteiger partial charge >= 0.3 is 11.9 Å². The van der Waals surface area contributed by atoms with E-state index in [1.807, 2.05) is 28.2 Å². The zero-order valence-corrected chi connectivity index (χ0v) is 45.9. The number of carbonyl (C=O) groups is 2. The number of benzene rings is 7. The molecule has 0 aliphatic heterocycles. The summed E-state index contributed by atoms with van der Waals surface area (Å²) >= 11 is 0. The number of anilines is 2. The molecule has 0 N–H and O–H groups in total. The van der Waals surface area contributed by atoms with Gasteiger partial charge < -0.3 is 19.3 Å². The quantitative estimate of drug-likeness (QED) is 0.0716. The fourth-order valence-electron chi connectivity index (χ4n) is 9.14. The number of fused-ring (bicyclic) bond motifs is 2. The van der Waals surface area contributed by atoms with Crippen LogP contribution in [0.15, 0.2) is 109 Å². The maximum atomic E-state index is 12.7. The summed E-state index contributed by atoms with van der Waals surface area (Å²) in [7, 11) is 8.15. The minimum Gasteiger partial charge on any atom is -0.426 e. The summed E-state index contributed by atoms with van der Waals surface area (Å²) < 4.78 is 12.1. The molecule has 0 bridgehead atoms. The second kappa shape index (κ2) is 19.7. The Morgan fingerprint density at radius 3 is 0.931 bits per heavy atom. The molecule has 0 atom stereocenters. The van der Waals surface area contributed by atoms with Gasteiger partial charge in [-0.25, -0.2) is 0 Å². The molecule has 0 saturated carbocycles. The lowest BCUT2D eigenvalue weighted by Crippen LogP contribution is -2.21. The molecule has 0 amide bonds. The van der Waals surface area contributed by atoms with Crippen molar-refractivity contribution in [3.8, 4) is 57.4 Å². The van der Waals surface area contributed by atoms with Gasteiger partial charge in [0.25, 0.3) is 0 Å². The van der Waals surface area contributed by atoms with Crippen molar-refractivity contribution in [3.05, 3.63) is 154 Å². The Bertz CT molecular complexity index is 3150. The van der Waals surface area contributed by atoms with Crippen LogP contribution in [0.25, 0.3) is 43.8 Å². The highest BCUT2D eigenvalue weighted by molar-refractivity contribution is 6.12. The van der Waals surface area contributed by atoms with Crippen LogP contribution in [-0.2, 0) is 31.2 Å². The van der Waals surface area contributed by atoms with Crippen molar-refractivity contribution in [1.29, 1.82) is 0 Å². The van der Waals surface area contributed by atoms with Crippen molar-refractivity contribution in [1.82, 2.24) is 0 Å². The van der Waals surface area contributed by atoms with Crippen LogP contribution in [0.5, 0.6) is 11.5 Å². The summed E-state index contributed by atoms with van der Waals surface area (Å²) in [6.07, 6.45) is 0. The van der Waals surface area contributed by atoms with Gasteiger partial charge in [0.15, 0.2) is 0 Å². The van der Waals surface area contributed by atoms with E-state index < -0.39 is 0 Å². The number of ether oxygens (including phenoxy) is 2. The summed E-state index contributed by atoms with van der Waals surface area (Å²) in [6.45, 7) is 28.8. The number of rotatable bonds is 6. The van der Waals surface area contributed by atoms with E-state index in [4.69, 9.17) is 9.47 Å². The van der Waals surface area contributed by atoms with Gasteiger partial charge in [-0.1, -0.05) is 131 Å². The molecule has 6 heteroatoms. The second-order valence-electron chi connectivity index (χ2n) is 23.6. The number of nitrogens with zero attached hydrogens (tertiary/aromatic N) is 2. The molecule has 7 aromatic rings. The molecule has 0 fully saturated rings. The van der Waals surface area contributed by atoms with E-state index >= 15 is 0 Å². The Kier molecular flexibility index (Phi) is 14.4. The number of hydrogen-bond donors (Lipinski definition) is 0. The molecule has 370 valence electrons. The summed E-state index contributed by atoms with van der Waals surface area (Å²) in [4.78, 5) is 29.5. The molecule has 0 aromatic heterocycles. The molecule has 0 aliphatic carbocycles. The van der Waals surface area contributed by atoms with Crippen molar-refractivity contribution in [2.75, 3.05) is 38.0 Å². The molecular formula is C66H72N2O4. The molecular weight excluding hydrogens is 885 g/mol. The first-order valence-electron chi connectivity index (χ1n) is 24.9. The number of carbonyl (C=O) groups excluding carboxylic acids is 2. The van der Waals surface area contributed by atoms with Crippen LogP contribution >= 0.6 is 0 Å². The molecule has 72 heavy (non-hydrogen) atoms. The Morgan fingerprint density at radius 1 is 0.375 bits per heavy atom. The van der Waals surface area contributed by atoms with Gasteiger partial charge in [-0.3, -0.25) is 9.59 Å². The first kappa shape index (κ1) is 52.5. The standard InChI is InChI=1S/C66H72N2O4/c1-41(69)71-61-57(63(3,4)5)37-47(38-58(61)64(6,7)8)45-25-33-52-51(31-23-43-19-27-49(28-20-43)67(15)16)53-34-26-46(48-39-59(65(9,10)11)62(72-42(2)70)60(40-48)66(12,13)14)36-56(53)54(55(52)35-45)32-24-44-21-29-50(30-22-44)68(17)18/h19-22,25-30,33-40H,1-18H3. The van der Waals surface area contributed by atoms with Crippen LogP contribution in [0.2, 0.25) is 0 Å². The summed E-state index contributed by atoms with van der Waals surface area (Å²) in [5, 5.41) is 3.92.